The molecule has 2 aliphatic heterocycles. The van der Waals surface area contributed by atoms with Crippen molar-refractivity contribution in [3.8, 4) is 11.5 Å². The second-order valence-corrected chi connectivity index (χ2v) is 11.3. The third-order valence-corrected chi connectivity index (χ3v) is 8.79. The summed E-state index contributed by atoms with van der Waals surface area (Å²) in [6.07, 6.45) is 7.01. The molecule has 6 rings (SSSR count). The maximum atomic E-state index is 14.6. The van der Waals surface area contributed by atoms with Crippen molar-refractivity contribution in [2.24, 2.45) is 0 Å². The number of hydrogen-bond acceptors (Lipinski definition) is 8. The lowest BCUT2D eigenvalue weighted by Crippen LogP contribution is -2.57. The van der Waals surface area contributed by atoms with Gasteiger partial charge < -0.3 is 24.4 Å². The number of benzene rings is 2. The Balaban J connectivity index is 1.11. The lowest BCUT2D eigenvalue weighted by Gasteiger charge is -2.44. The number of anilines is 2. The van der Waals surface area contributed by atoms with Gasteiger partial charge in [0.1, 0.15) is 12.1 Å². The second-order valence-electron chi connectivity index (χ2n) is 10.9. The summed E-state index contributed by atoms with van der Waals surface area (Å²) in [5, 5.41) is 3.75. The van der Waals surface area contributed by atoms with Gasteiger partial charge in [0.15, 0.2) is 17.3 Å². The molecule has 41 heavy (non-hydrogen) atoms. The Labute approximate surface area is 243 Å². The van der Waals surface area contributed by atoms with Gasteiger partial charge in [-0.3, -0.25) is 9.69 Å². The molecular formula is C30H35ClFN5O4. The Bertz CT molecular complexity index is 1400. The smallest absolute Gasteiger partial charge is 0.237 e. The summed E-state index contributed by atoms with van der Waals surface area (Å²) in [5.74, 6) is 1.30. The van der Waals surface area contributed by atoms with Crippen molar-refractivity contribution < 1.29 is 23.4 Å². The fraction of sp³-hybridized carbons (Fsp3) is 0.500. The van der Waals surface area contributed by atoms with Gasteiger partial charge in [-0.1, -0.05) is 17.7 Å². The molecule has 0 spiro atoms. The van der Waals surface area contributed by atoms with Gasteiger partial charge in [-0.15, -0.1) is 0 Å². The molecule has 9 nitrogen and oxygen atoms in total. The average molecular weight is 584 g/mol. The van der Waals surface area contributed by atoms with Gasteiger partial charge in [0.05, 0.1) is 36.0 Å². The molecule has 0 atom stereocenters. The van der Waals surface area contributed by atoms with Gasteiger partial charge in [0.25, 0.3) is 0 Å². The molecule has 0 radical (unpaired) electrons. The number of aromatic nitrogens is 2. The monoisotopic (exact) mass is 583 g/mol. The predicted octanol–water partition coefficient (Wildman–Crippen LogP) is 5.19. The molecule has 0 unspecified atom stereocenters. The summed E-state index contributed by atoms with van der Waals surface area (Å²) in [6, 6.07) is 9.13. The van der Waals surface area contributed by atoms with Crippen molar-refractivity contribution >= 4 is 39.9 Å². The highest BCUT2D eigenvalue weighted by molar-refractivity contribution is 6.31. The molecule has 1 saturated carbocycles. The van der Waals surface area contributed by atoms with Gasteiger partial charge in [-0.25, -0.2) is 14.4 Å². The van der Waals surface area contributed by atoms with Crippen LogP contribution in [-0.2, 0) is 9.53 Å². The van der Waals surface area contributed by atoms with Crippen molar-refractivity contribution in [2.45, 2.75) is 56.7 Å². The van der Waals surface area contributed by atoms with E-state index in [1.807, 2.05) is 6.07 Å². The van der Waals surface area contributed by atoms with E-state index in [0.717, 1.165) is 64.8 Å². The number of nitrogens with zero attached hydrogens (tertiary/aromatic N) is 4. The standard InChI is InChI=1S/C30H35ClFN5O4/c1-39-26-16-25-22(30(34-18-33-25)35-24-4-2-3-23(31)29(24)32)15-27(26)41-21-7-5-19(6-8-21)36-11-12-37(28(38)17-36)20-9-13-40-14-10-20/h2-4,15-16,18-21H,5-14,17H2,1H3,(H,33,34,35)/t19-,21+. The topological polar surface area (TPSA) is 89.1 Å². The molecule has 11 heteroatoms. The predicted molar refractivity (Wildman–Crippen MR) is 155 cm³/mol. The first kappa shape index (κ1) is 27.9. The van der Waals surface area contributed by atoms with E-state index in [0.29, 0.717) is 46.8 Å². The number of piperazine rings is 1. The zero-order valence-corrected chi connectivity index (χ0v) is 23.9. The number of halogens is 2. The van der Waals surface area contributed by atoms with Crippen LogP contribution in [0.5, 0.6) is 11.5 Å². The molecule has 1 amide bonds. The first-order valence-corrected chi connectivity index (χ1v) is 14.7. The van der Waals surface area contributed by atoms with Crippen molar-refractivity contribution in [2.75, 3.05) is 45.3 Å². The average Bonchev–Trinajstić information content (AvgIpc) is 3.00. The first-order chi connectivity index (χ1) is 20.0. The van der Waals surface area contributed by atoms with E-state index >= 15 is 0 Å². The summed E-state index contributed by atoms with van der Waals surface area (Å²) in [7, 11) is 1.60. The zero-order chi connectivity index (χ0) is 28.3. The number of amides is 1. The van der Waals surface area contributed by atoms with Crippen molar-refractivity contribution in [1.29, 1.82) is 0 Å². The molecule has 0 bridgehead atoms. The van der Waals surface area contributed by atoms with Crippen molar-refractivity contribution in [1.82, 2.24) is 19.8 Å². The molecule has 3 aliphatic rings. The quantitative estimate of drug-likeness (QED) is 0.407. The molecule has 218 valence electrons. The number of ether oxygens (including phenoxy) is 3. The van der Waals surface area contributed by atoms with Crippen LogP contribution in [0.15, 0.2) is 36.7 Å². The molecule has 2 saturated heterocycles. The highest BCUT2D eigenvalue weighted by Crippen LogP contribution is 2.38. The second kappa shape index (κ2) is 12.3. The minimum absolute atomic E-state index is 0.0169. The summed E-state index contributed by atoms with van der Waals surface area (Å²) in [6.45, 7) is 3.70. The summed E-state index contributed by atoms with van der Waals surface area (Å²) in [4.78, 5) is 26.1. The number of rotatable bonds is 7. The molecule has 3 heterocycles. The zero-order valence-electron chi connectivity index (χ0n) is 23.2. The third kappa shape index (κ3) is 6.05. The fourth-order valence-electron chi connectivity index (χ4n) is 6.25. The SMILES string of the molecule is COc1cc2ncnc(Nc3cccc(Cl)c3F)c2cc1O[C@H]1CC[C@@H](N2CCN(C3CCOCC3)C(=O)C2)CC1. The van der Waals surface area contributed by atoms with E-state index in [1.54, 1.807) is 25.3 Å². The van der Waals surface area contributed by atoms with Crippen molar-refractivity contribution in [3.63, 3.8) is 0 Å². The minimum atomic E-state index is -0.547. The molecule has 1 aliphatic carbocycles. The van der Waals surface area contributed by atoms with Gasteiger partial charge in [0, 0.05) is 49.8 Å². The van der Waals surface area contributed by atoms with Crippen LogP contribution in [0.4, 0.5) is 15.9 Å². The van der Waals surface area contributed by atoms with Gasteiger partial charge in [0.2, 0.25) is 5.91 Å². The van der Waals surface area contributed by atoms with Crippen LogP contribution in [0, 0.1) is 5.82 Å². The highest BCUT2D eigenvalue weighted by Gasteiger charge is 2.35. The van der Waals surface area contributed by atoms with E-state index in [9.17, 15) is 9.18 Å². The van der Waals surface area contributed by atoms with Crippen molar-refractivity contribution in [3.05, 3.63) is 47.5 Å². The van der Waals surface area contributed by atoms with Crippen LogP contribution in [0.25, 0.3) is 10.9 Å². The Kier molecular flexibility index (Phi) is 8.41. The number of nitrogens with one attached hydrogen (secondary N) is 1. The van der Waals surface area contributed by atoms with Crippen LogP contribution < -0.4 is 14.8 Å². The first-order valence-electron chi connectivity index (χ1n) is 14.3. The van der Waals surface area contributed by atoms with E-state index < -0.39 is 5.82 Å². The van der Waals surface area contributed by atoms with Crippen LogP contribution in [0.2, 0.25) is 5.02 Å². The summed E-state index contributed by atoms with van der Waals surface area (Å²) in [5.41, 5.74) is 0.864. The normalized spacial score (nSPS) is 22.6. The lowest BCUT2D eigenvalue weighted by molar-refractivity contribution is -0.142. The molecular weight excluding hydrogens is 549 g/mol. The Morgan fingerprint density at radius 2 is 1.83 bits per heavy atom. The van der Waals surface area contributed by atoms with Gasteiger partial charge >= 0.3 is 0 Å². The molecule has 2 aromatic carbocycles. The van der Waals surface area contributed by atoms with Crippen LogP contribution in [0.1, 0.15) is 38.5 Å². The largest absolute Gasteiger partial charge is 0.493 e. The van der Waals surface area contributed by atoms with Crippen LogP contribution >= 0.6 is 11.6 Å². The van der Waals surface area contributed by atoms with Gasteiger partial charge in [-0.05, 0) is 56.7 Å². The number of carbonyl (C=O) groups is 1. The fourth-order valence-corrected chi connectivity index (χ4v) is 6.42. The summed E-state index contributed by atoms with van der Waals surface area (Å²) >= 11 is 5.97. The third-order valence-electron chi connectivity index (χ3n) is 8.50. The van der Waals surface area contributed by atoms with Gasteiger partial charge in [-0.2, -0.15) is 0 Å². The number of methoxy groups -OCH3 is 1. The molecule has 1 aromatic heterocycles. The van der Waals surface area contributed by atoms with Crippen LogP contribution in [0.3, 0.4) is 0 Å². The lowest BCUT2D eigenvalue weighted by atomic mass is 9.91. The molecule has 3 fully saturated rings. The number of carbonyl (C=O) groups excluding carboxylic acids is 1. The maximum absolute atomic E-state index is 14.6. The van der Waals surface area contributed by atoms with E-state index in [4.69, 9.17) is 25.8 Å². The molecule has 3 aromatic rings. The molecule has 1 N–H and O–H groups in total. The van der Waals surface area contributed by atoms with E-state index in [2.05, 4.69) is 25.1 Å². The van der Waals surface area contributed by atoms with E-state index in [1.165, 1.54) is 12.4 Å². The number of hydrogen-bond donors (Lipinski definition) is 1. The maximum Gasteiger partial charge on any atom is 0.237 e. The Morgan fingerprint density at radius 1 is 1.02 bits per heavy atom. The minimum Gasteiger partial charge on any atom is -0.493 e. The Hall–Kier alpha value is -3.21. The Morgan fingerprint density at radius 3 is 2.59 bits per heavy atom. The summed E-state index contributed by atoms with van der Waals surface area (Å²) < 4.78 is 32.2. The number of fused-ring (bicyclic) bond motifs is 1. The van der Waals surface area contributed by atoms with Crippen LogP contribution in [-0.4, -0.2) is 83.8 Å². The highest BCUT2D eigenvalue weighted by atomic mass is 35.5. The van der Waals surface area contributed by atoms with E-state index in [-0.39, 0.29) is 22.7 Å².